The van der Waals surface area contributed by atoms with Crippen LogP contribution in [0.1, 0.15) is 39.0 Å². The predicted molar refractivity (Wildman–Crippen MR) is 59.3 cm³/mol. The summed E-state index contributed by atoms with van der Waals surface area (Å²) in [7, 11) is 4.10. The third-order valence-corrected chi connectivity index (χ3v) is 3.15. The largest absolute Gasteiger partial charge is 0.309 e. The van der Waals surface area contributed by atoms with E-state index >= 15 is 0 Å². The first-order chi connectivity index (χ1) is 6.63. The van der Waals surface area contributed by atoms with E-state index < -0.39 is 0 Å². The molecule has 1 fully saturated rings. The molecule has 0 bridgehead atoms. The van der Waals surface area contributed by atoms with Gasteiger partial charge in [-0.05, 0) is 32.9 Å². The summed E-state index contributed by atoms with van der Waals surface area (Å²) in [5.74, 6) is 1.61. The SMILES string of the molecule is CCCC1CCC(=O)C(CN(C)C)C1. The quantitative estimate of drug-likeness (QED) is 0.689. The second-order valence-corrected chi connectivity index (χ2v) is 4.85. The maximum Gasteiger partial charge on any atom is 0.137 e. The van der Waals surface area contributed by atoms with Crippen LogP contribution in [-0.2, 0) is 4.79 Å². The van der Waals surface area contributed by atoms with Gasteiger partial charge in [0.1, 0.15) is 5.78 Å². The minimum atomic E-state index is 0.315. The van der Waals surface area contributed by atoms with Crippen LogP contribution in [0.5, 0.6) is 0 Å². The molecule has 82 valence electrons. The summed E-state index contributed by atoms with van der Waals surface area (Å²) in [4.78, 5) is 13.8. The van der Waals surface area contributed by atoms with E-state index in [9.17, 15) is 4.79 Å². The molecule has 0 aromatic carbocycles. The highest BCUT2D eigenvalue weighted by molar-refractivity contribution is 5.81. The molecule has 0 aromatic heterocycles. The van der Waals surface area contributed by atoms with E-state index in [0.717, 1.165) is 31.7 Å². The van der Waals surface area contributed by atoms with Crippen molar-refractivity contribution in [3.8, 4) is 0 Å². The minimum absolute atomic E-state index is 0.315. The van der Waals surface area contributed by atoms with Gasteiger partial charge in [-0.1, -0.05) is 19.8 Å². The zero-order chi connectivity index (χ0) is 10.6. The average molecular weight is 197 g/mol. The van der Waals surface area contributed by atoms with E-state index in [2.05, 4.69) is 25.9 Å². The number of ketones is 1. The molecule has 1 rings (SSSR count). The summed E-state index contributed by atoms with van der Waals surface area (Å²) >= 11 is 0. The molecular weight excluding hydrogens is 174 g/mol. The first kappa shape index (κ1) is 11.7. The highest BCUT2D eigenvalue weighted by Crippen LogP contribution is 2.29. The number of hydrogen-bond donors (Lipinski definition) is 0. The van der Waals surface area contributed by atoms with E-state index in [1.165, 1.54) is 12.8 Å². The Morgan fingerprint density at radius 3 is 2.71 bits per heavy atom. The molecule has 0 radical (unpaired) electrons. The number of hydrogen-bond acceptors (Lipinski definition) is 2. The monoisotopic (exact) mass is 197 g/mol. The molecule has 2 unspecified atom stereocenters. The van der Waals surface area contributed by atoms with Crippen molar-refractivity contribution >= 4 is 5.78 Å². The van der Waals surface area contributed by atoms with Gasteiger partial charge in [0.05, 0.1) is 0 Å². The lowest BCUT2D eigenvalue weighted by Gasteiger charge is -2.29. The van der Waals surface area contributed by atoms with Crippen LogP contribution >= 0.6 is 0 Å². The molecule has 0 amide bonds. The fourth-order valence-electron chi connectivity index (χ4n) is 2.49. The maximum absolute atomic E-state index is 11.7. The van der Waals surface area contributed by atoms with Crippen LogP contribution in [0.4, 0.5) is 0 Å². The van der Waals surface area contributed by atoms with Crippen LogP contribution in [0.3, 0.4) is 0 Å². The van der Waals surface area contributed by atoms with Crippen LogP contribution in [0.2, 0.25) is 0 Å². The number of carbonyl (C=O) groups is 1. The van der Waals surface area contributed by atoms with E-state index in [4.69, 9.17) is 0 Å². The Balaban J connectivity index is 2.42. The van der Waals surface area contributed by atoms with E-state index in [0.29, 0.717) is 11.7 Å². The molecule has 0 saturated heterocycles. The van der Waals surface area contributed by atoms with Gasteiger partial charge in [-0.2, -0.15) is 0 Å². The van der Waals surface area contributed by atoms with Crippen LogP contribution in [0, 0.1) is 11.8 Å². The number of nitrogens with zero attached hydrogens (tertiary/aromatic N) is 1. The van der Waals surface area contributed by atoms with Crippen molar-refractivity contribution in [1.82, 2.24) is 4.90 Å². The molecule has 0 aromatic rings. The normalized spacial score (nSPS) is 28.4. The van der Waals surface area contributed by atoms with E-state index in [1.54, 1.807) is 0 Å². The van der Waals surface area contributed by atoms with Crippen molar-refractivity contribution in [2.45, 2.75) is 39.0 Å². The van der Waals surface area contributed by atoms with Crippen molar-refractivity contribution < 1.29 is 4.79 Å². The zero-order valence-electron chi connectivity index (χ0n) is 9.75. The molecule has 14 heavy (non-hydrogen) atoms. The zero-order valence-corrected chi connectivity index (χ0v) is 9.75. The molecule has 1 aliphatic rings. The summed E-state index contributed by atoms with van der Waals surface area (Å²) in [5.41, 5.74) is 0. The van der Waals surface area contributed by atoms with E-state index in [1.807, 2.05) is 0 Å². The second kappa shape index (κ2) is 5.50. The third kappa shape index (κ3) is 3.41. The van der Waals surface area contributed by atoms with E-state index in [-0.39, 0.29) is 0 Å². The van der Waals surface area contributed by atoms with Crippen LogP contribution < -0.4 is 0 Å². The Morgan fingerprint density at radius 2 is 2.14 bits per heavy atom. The Morgan fingerprint density at radius 1 is 1.43 bits per heavy atom. The standard InChI is InChI=1S/C12H23NO/c1-4-5-10-6-7-12(14)11(8-10)9-13(2)3/h10-11H,4-9H2,1-3H3. The Kier molecular flexibility index (Phi) is 4.59. The first-order valence-corrected chi connectivity index (χ1v) is 5.81. The van der Waals surface area contributed by atoms with Crippen molar-refractivity contribution in [3.63, 3.8) is 0 Å². The number of carbonyl (C=O) groups excluding carboxylic acids is 1. The Hall–Kier alpha value is -0.370. The molecule has 0 N–H and O–H groups in total. The summed E-state index contributed by atoms with van der Waals surface area (Å²) < 4.78 is 0. The van der Waals surface area contributed by atoms with Gasteiger partial charge >= 0.3 is 0 Å². The van der Waals surface area contributed by atoms with Crippen LogP contribution in [0.15, 0.2) is 0 Å². The fourth-order valence-corrected chi connectivity index (χ4v) is 2.49. The lowest BCUT2D eigenvalue weighted by atomic mass is 9.78. The molecule has 0 heterocycles. The molecule has 2 nitrogen and oxygen atoms in total. The molecule has 1 saturated carbocycles. The molecule has 0 aliphatic heterocycles. The van der Waals surface area contributed by atoms with Gasteiger partial charge in [0.25, 0.3) is 0 Å². The van der Waals surface area contributed by atoms with Crippen molar-refractivity contribution in [2.75, 3.05) is 20.6 Å². The van der Waals surface area contributed by atoms with Gasteiger partial charge < -0.3 is 4.90 Å². The first-order valence-electron chi connectivity index (χ1n) is 5.81. The van der Waals surface area contributed by atoms with Crippen molar-refractivity contribution in [3.05, 3.63) is 0 Å². The van der Waals surface area contributed by atoms with Crippen molar-refractivity contribution in [1.29, 1.82) is 0 Å². The van der Waals surface area contributed by atoms with Gasteiger partial charge in [0.2, 0.25) is 0 Å². The topological polar surface area (TPSA) is 20.3 Å². The molecular formula is C12H23NO. The van der Waals surface area contributed by atoms with Crippen LogP contribution in [-0.4, -0.2) is 31.3 Å². The number of Topliss-reactive ketones (excluding diaryl/α,β-unsaturated/α-hetero) is 1. The molecule has 2 heteroatoms. The highest BCUT2D eigenvalue weighted by atomic mass is 16.1. The predicted octanol–water partition coefficient (Wildman–Crippen LogP) is 2.33. The summed E-state index contributed by atoms with van der Waals surface area (Å²) in [5, 5.41) is 0. The van der Waals surface area contributed by atoms with Gasteiger partial charge in [-0.3, -0.25) is 4.79 Å². The third-order valence-electron chi connectivity index (χ3n) is 3.15. The Bertz CT molecular complexity index is 189. The van der Waals surface area contributed by atoms with Gasteiger partial charge in [-0.15, -0.1) is 0 Å². The molecule has 2 atom stereocenters. The summed E-state index contributed by atoms with van der Waals surface area (Å²) in [6, 6.07) is 0. The van der Waals surface area contributed by atoms with Gasteiger partial charge in [0, 0.05) is 18.9 Å². The summed E-state index contributed by atoms with van der Waals surface area (Å²) in [6.45, 7) is 3.18. The van der Waals surface area contributed by atoms with Crippen LogP contribution in [0.25, 0.3) is 0 Å². The lowest BCUT2D eigenvalue weighted by Crippen LogP contribution is -2.33. The smallest absolute Gasteiger partial charge is 0.137 e. The highest BCUT2D eigenvalue weighted by Gasteiger charge is 2.28. The number of rotatable bonds is 4. The summed E-state index contributed by atoms with van der Waals surface area (Å²) in [6.07, 6.45) is 5.65. The van der Waals surface area contributed by atoms with Crippen molar-refractivity contribution in [2.24, 2.45) is 11.8 Å². The molecule has 0 spiro atoms. The lowest BCUT2D eigenvalue weighted by molar-refractivity contribution is -0.126. The average Bonchev–Trinajstić information content (AvgIpc) is 2.10. The fraction of sp³-hybridized carbons (Fsp3) is 0.917. The van der Waals surface area contributed by atoms with Gasteiger partial charge in [-0.25, -0.2) is 0 Å². The Labute approximate surface area is 87.7 Å². The molecule has 1 aliphatic carbocycles. The second-order valence-electron chi connectivity index (χ2n) is 4.85. The minimum Gasteiger partial charge on any atom is -0.309 e. The van der Waals surface area contributed by atoms with Gasteiger partial charge in [0.15, 0.2) is 0 Å². The maximum atomic E-state index is 11.7.